The molecule has 0 spiro atoms. The second kappa shape index (κ2) is 6.63. The van der Waals surface area contributed by atoms with Crippen molar-refractivity contribution in [3.8, 4) is 5.75 Å². The number of amides is 1. The molecule has 1 aliphatic rings. The van der Waals surface area contributed by atoms with Gasteiger partial charge in [-0.25, -0.2) is 4.79 Å². The Labute approximate surface area is 165 Å². The molecule has 1 amide bonds. The summed E-state index contributed by atoms with van der Waals surface area (Å²) in [6.45, 7) is 0.444. The van der Waals surface area contributed by atoms with Crippen LogP contribution in [0.15, 0.2) is 76.1 Å². The van der Waals surface area contributed by atoms with Gasteiger partial charge in [-0.15, -0.1) is 0 Å². The molecule has 1 aliphatic heterocycles. The van der Waals surface area contributed by atoms with Gasteiger partial charge in [0, 0.05) is 18.2 Å². The smallest absolute Gasteiger partial charge is 0.417 e. The summed E-state index contributed by atoms with van der Waals surface area (Å²) in [7, 11) is 0. The number of aromatic amines is 1. The van der Waals surface area contributed by atoms with Crippen LogP contribution in [0.4, 0.5) is 0 Å². The van der Waals surface area contributed by atoms with E-state index in [1.807, 2.05) is 42.5 Å². The second-order valence-corrected chi connectivity index (χ2v) is 6.90. The van der Waals surface area contributed by atoms with Crippen molar-refractivity contribution in [2.45, 2.75) is 12.0 Å². The molecule has 4 aromatic rings. The fourth-order valence-corrected chi connectivity index (χ4v) is 3.81. The molecule has 29 heavy (non-hydrogen) atoms. The number of H-pyrrole nitrogens is 1. The first-order valence-corrected chi connectivity index (χ1v) is 9.25. The van der Waals surface area contributed by atoms with Crippen molar-refractivity contribution in [3.05, 3.63) is 94.2 Å². The monoisotopic (exact) mass is 387 g/mol. The molecule has 1 atom stereocenters. The van der Waals surface area contributed by atoms with Crippen molar-refractivity contribution in [2.75, 3.05) is 6.61 Å². The van der Waals surface area contributed by atoms with Gasteiger partial charge in [-0.1, -0.05) is 30.3 Å². The zero-order chi connectivity index (χ0) is 19.8. The topological polar surface area (TPSA) is 97.2 Å². The van der Waals surface area contributed by atoms with Gasteiger partial charge < -0.3 is 14.5 Å². The molecule has 2 N–H and O–H groups in total. The highest BCUT2D eigenvalue weighted by atomic mass is 16.5. The molecule has 0 saturated carbocycles. The normalized spacial score (nSPS) is 18.1. The lowest BCUT2D eigenvalue weighted by Crippen LogP contribution is -2.50. The van der Waals surface area contributed by atoms with Crippen LogP contribution in [0.1, 0.15) is 28.0 Å². The highest BCUT2D eigenvalue weighted by Crippen LogP contribution is 2.40. The van der Waals surface area contributed by atoms with Crippen molar-refractivity contribution < 1.29 is 13.9 Å². The third-order valence-corrected chi connectivity index (χ3v) is 5.19. The van der Waals surface area contributed by atoms with Crippen molar-refractivity contribution in [1.82, 2.24) is 15.3 Å². The molecule has 0 fully saturated rings. The number of benzene rings is 2. The van der Waals surface area contributed by atoms with E-state index < -0.39 is 11.3 Å². The summed E-state index contributed by atoms with van der Waals surface area (Å²) < 4.78 is 10.9. The van der Waals surface area contributed by atoms with E-state index in [1.54, 1.807) is 24.4 Å². The first-order valence-electron chi connectivity index (χ1n) is 9.25. The predicted molar refractivity (Wildman–Crippen MR) is 106 cm³/mol. The summed E-state index contributed by atoms with van der Waals surface area (Å²) in [4.78, 5) is 31.8. The highest BCUT2D eigenvalue weighted by Gasteiger charge is 2.42. The van der Waals surface area contributed by atoms with Gasteiger partial charge >= 0.3 is 5.76 Å². The molecular formula is C22H17N3O4. The van der Waals surface area contributed by atoms with Gasteiger partial charge in [-0.3, -0.25) is 14.8 Å². The zero-order valence-corrected chi connectivity index (χ0v) is 15.3. The number of hydrogen-bond acceptors (Lipinski definition) is 5. The minimum atomic E-state index is -0.832. The van der Waals surface area contributed by atoms with E-state index in [9.17, 15) is 9.59 Å². The van der Waals surface area contributed by atoms with E-state index in [-0.39, 0.29) is 5.91 Å². The number of hydrogen-bond donors (Lipinski definition) is 2. The van der Waals surface area contributed by atoms with Gasteiger partial charge in [-0.05, 0) is 35.9 Å². The molecule has 2 aromatic heterocycles. The van der Waals surface area contributed by atoms with Crippen LogP contribution in [0.5, 0.6) is 5.75 Å². The van der Waals surface area contributed by atoms with Gasteiger partial charge in [0.2, 0.25) is 0 Å². The first kappa shape index (κ1) is 17.2. The Morgan fingerprint density at radius 1 is 1.10 bits per heavy atom. The van der Waals surface area contributed by atoms with Crippen LogP contribution in [0, 0.1) is 0 Å². The lowest BCUT2D eigenvalue weighted by atomic mass is 9.81. The molecule has 5 rings (SSSR count). The van der Waals surface area contributed by atoms with Gasteiger partial charge in [0.25, 0.3) is 5.91 Å². The van der Waals surface area contributed by atoms with Gasteiger partial charge in [0.15, 0.2) is 5.58 Å². The summed E-state index contributed by atoms with van der Waals surface area (Å²) in [6, 6.07) is 18.3. The van der Waals surface area contributed by atoms with Crippen LogP contribution in [0.3, 0.4) is 0 Å². The number of carbonyl (C=O) groups excluding carboxylic acids is 1. The Hall–Kier alpha value is -3.87. The zero-order valence-electron chi connectivity index (χ0n) is 15.3. The van der Waals surface area contributed by atoms with Gasteiger partial charge in [0.05, 0.1) is 12.1 Å². The Balaban J connectivity index is 1.61. The number of ether oxygens (including phenoxy) is 1. The Kier molecular flexibility index (Phi) is 3.94. The van der Waals surface area contributed by atoms with E-state index >= 15 is 0 Å². The van der Waals surface area contributed by atoms with E-state index in [1.165, 1.54) is 0 Å². The Morgan fingerprint density at radius 3 is 2.83 bits per heavy atom. The molecule has 3 heterocycles. The summed E-state index contributed by atoms with van der Waals surface area (Å²) >= 11 is 0. The number of fused-ring (bicyclic) bond motifs is 2. The molecule has 7 heteroatoms. The number of pyridine rings is 1. The quantitative estimate of drug-likeness (QED) is 0.563. The standard InChI is InChI=1S/C22H17N3O4/c26-20(14-8-9-16-18(13-14)29-21(27)24-16)25-22(15-5-2-1-3-6-15)10-12-28-17-7-4-11-23-19(17)22/h1-9,11,13H,10,12H2,(H,24,27)(H,25,26)/t22-/m0/s1. The van der Waals surface area contributed by atoms with Crippen molar-refractivity contribution >= 4 is 17.0 Å². The third kappa shape index (κ3) is 2.87. The van der Waals surface area contributed by atoms with Crippen LogP contribution < -0.4 is 15.8 Å². The van der Waals surface area contributed by atoms with Crippen molar-refractivity contribution in [2.24, 2.45) is 0 Å². The van der Waals surface area contributed by atoms with E-state index in [0.29, 0.717) is 41.1 Å². The Morgan fingerprint density at radius 2 is 1.97 bits per heavy atom. The average molecular weight is 387 g/mol. The fourth-order valence-electron chi connectivity index (χ4n) is 3.81. The lowest BCUT2D eigenvalue weighted by molar-refractivity contribution is 0.0883. The maximum absolute atomic E-state index is 13.2. The number of nitrogens with one attached hydrogen (secondary N) is 2. The largest absolute Gasteiger partial charge is 0.491 e. The van der Waals surface area contributed by atoms with E-state index in [0.717, 1.165) is 5.56 Å². The molecule has 0 radical (unpaired) electrons. The van der Waals surface area contributed by atoms with Crippen LogP contribution >= 0.6 is 0 Å². The molecule has 0 saturated heterocycles. The highest BCUT2D eigenvalue weighted by molar-refractivity contribution is 5.97. The van der Waals surface area contributed by atoms with E-state index in [2.05, 4.69) is 15.3 Å². The van der Waals surface area contributed by atoms with Gasteiger partial charge in [-0.2, -0.15) is 0 Å². The Bertz CT molecular complexity index is 1260. The number of aromatic nitrogens is 2. The van der Waals surface area contributed by atoms with Crippen molar-refractivity contribution in [3.63, 3.8) is 0 Å². The molecule has 2 aromatic carbocycles. The molecule has 0 unspecified atom stereocenters. The minimum Gasteiger partial charge on any atom is -0.491 e. The molecule has 0 bridgehead atoms. The fraction of sp³-hybridized carbons (Fsp3) is 0.136. The average Bonchev–Trinajstić information content (AvgIpc) is 3.13. The van der Waals surface area contributed by atoms with Gasteiger partial charge in [0.1, 0.15) is 17.0 Å². The van der Waals surface area contributed by atoms with Crippen molar-refractivity contribution in [1.29, 1.82) is 0 Å². The lowest BCUT2D eigenvalue weighted by Gasteiger charge is -2.39. The van der Waals surface area contributed by atoms with Crippen LogP contribution in [-0.2, 0) is 5.54 Å². The number of rotatable bonds is 3. The maximum Gasteiger partial charge on any atom is 0.417 e. The molecule has 144 valence electrons. The van der Waals surface area contributed by atoms with Crippen LogP contribution in [0.25, 0.3) is 11.1 Å². The van der Waals surface area contributed by atoms with E-state index in [4.69, 9.17) is 9.15 Å². The summed E-state index contributed by atoms with van der Waals surface area (Å²) in [5.41, 5.74) is 2.02. The number of nitrogens with zero attached hydrogens (tertiary/aromatic N) is 1. The van der Waals surface area contributed by atoms with Crippen LogP contribution in [-0.4, -0.2) is 22.5 Å². The molecule has 7 nitrogen and oxygen atoms in total. The SMILES string of the molecule is O=C(N[C@]1(c2ccccc2)CCOc2cccnc21)c1ccc2[nH]c(=O)oc2c1. The summed E-state index contributed by atoms with van der Waals surface area (Å²) in [5, 5.41) is 3.18. The third-order valence-electron chi connectivity index (χ3n) is 5.19. The minimum absolute atomic E-state index is 0.293. The summed E-state index contributed by atoms with van der Waals surface area (Å²) in [6.07, 6.45) is 2.23. The number of carbonyl (C=O) groups is 1. The molecule has 0 aliphatic carbocycles. The molecular weight excluding hydrogens is 370 g/mol. The maximum atomic E-state index is 13.2. The first-order chi connectivity index (χ1) is 14.2. The second-order valence-electron chi connectivity index (χ2n) is 6.90. The summed E-state index contributed by atoms with van der Waals surface area (Å²) in [5.74, 6) is -0.200. The number of oxazole rings is 1. The predicted octanol–water partition coefficient (Wildman–Crippen LogP) is 2.97. The van der Waals surface area contributed by atoms with Crippen LogP contribution in [0.2, 0.25) is 0 Å².